The zero-order valence-corrected chi connectivity index (χ0v) is 11.6. The number of benzene rings is 1. The van der Waals surface area contributed by atoms with Gasteiger partial charge in [0, 0.05) is 11.4 Å². The molecule has 0 aliphatic rings. The van der Waals surface area contributed by atoms with Crippen LogP contribution in [0.1, 0.15) is 27.2 Å². The highest BCUT2D eigenvalue weighted by atomic mass is 32.1. The molecule has 0 saturated carbocycles. The van der Waals surface area contributed by atoms with Gasteiger partial charge in [-0.25, -0.2) is 4.39 Å². The monoisotopic (exact) mass is 267 g/mol. The molecule has 1 rings (SSSR count). The van der Waals surface area contributed by atoms with Crippen molar-refractivity contribution in [3.05, 3.63) is 30.1 Å². The summed E-state index contributed by atoms with van der Waals surface area (Å²) >= 11 is 5.10. The number of halogens is 1. The number of hydrazone groups is 1. The summed E-state index contributed by atoms with van der Waals surface area (Å²) < 4.78 is 12.7. The van der Waals surface area contributed by atoms with Crippen LogP contribution in [-0.2, 0) is 0 Å². The first-order chi connectivity index (χ1) is 8.52. The minimum Gasteiger partial charge on any atom is -0.331 e. The highest BCUT2D eigenvalue weighted by Crippen LogP contribution is 2.08. The maximum atomic E-state index is 12.7. The molecular weight excluding hydrogens is 249 g/mol. The topological polar surface area (TPSA) is 36.4 Å². The van der Waals surface area contributed by atoms with Crippen LogP contribution in [0.25, 0.3) is 0 Å². The van der Waals surface area contributed by atoms with Crippen LogP contribution >= 0.6 is 12.2 Å². The quantitative estimate of drug-likeness (QED) is 0.498. The molecule has 18 heavy (non-hydrogen) atoms. The van der Waals surface area contributed by atoms with Gasteiger partial charge < -0.3 is 5.32 Å². The van der Waals surface area contributed by atoms with Crippen molar-refractivity contribution in [1.29, 1.82) is 0 Å². The molecule has 0 spiro atoms. The van der Waals surface area contributed by atoms with Crippen LogP contribution in [0, 0.1) is 11.7 Å². The average Bonchev–Trinajstić information content (AvgIpc) is 2.32. The van der Waals surface area contributed by atoms with Crippen LogP contribution in [0.3, 0.4) is 0 Å². The van der Waals surface area contributed by atoms with Gasteiger partial charge in [-0.05, 0) is 48.8 Å². The van der Waals surface area contributed by atoms with Crippen molar-refractivity contribution < 1.29 is 4.39 Å². The molecule has 0 heterocycles. The molecule has 3 nitrogen and oxygen atoms in total. The van der Waals surface area contributed by atoms with Crippen LogP contribution in [0.5, 0.6) is 0 Å². The molecule has 0 atom stereocenters. The maximum absolute atomic E-state index is 12.7. The fourth-order valence-electron chi connectivity index (χ4n) is 1.43. The molecule has 0 amide bonds. The van der Waals surface area contributed by atoms with Crippen molar-refractivity contribution >= 4 is 28.7 Å². The lowest BCUT2D eigenvalue weighted by molar-refractivity contribution is 0.628. The minimum atomic E-state index is -0.273. The van der Waals surface area contributed by atoms with E-state index in [4.69, 9.17) is 12.2 Å². The van der Waals surface area contributed by atoms with Crippen LogP contribution in [0.2, 0.25) is 0 Å². The van der Waals surface area contributed by atoms with Crippen molar-refractivity contribution in [3.8, 4) is 0 Å². The lowest BCUT2D eigenvalue weighted by Gasteiger charge is -2.10. The third kappa shape index (κ3) is 4.79. The summed E-state index contributed by atoms with van der Waals surface area (Å²) in [5, 5.41) is 7.57. The second-order valence-electron chi connectivity index (χ2n) is 4.18. The minimum absolute atomic E-state index is 0.273. The molecule has 0 aliphatic carbocycles. The van der Waals surface area contributed by atoms with E-state index in [1.54, 1.807) is 12.1 Å². The van der Waals surface area contributed by atoms with Gasteiger partial charge in [0.2, 0.25) is 0 Å². The van der Waals surface area contributed by atoms with Gasteiger partial charge in [-0.3, -0.25) is 5.43 Å². The Morgan fingerprint density at radius 3 is 2.44 bits per heavy atom. The van der Waals surface area contributed by atoms with Gasteiger partial charge in [0.25, 0.3) is 0 Å². The molecule has 98 valence electrons. The Bertz CT molecular complexity index is 426. The van der Waals surface area contributed by atoms with Crippen LogP contribution < -0.4 is 10.7 Å². The molecule has 1 aromatic rings. The van der Waals surface area contributed by atoms with E-state index in [0.29, 0.717) is 11.0 Å². The second kappa shape index (κ2) is 7.06. The van der Waals surface area contributed by atoms with Crippen molar-refractivity contribution in [2.45, 2.75) is 27.2 Å². The van der Waals surface area contributed by atoms with E-state index < -0.39 is 0 Å². The standard InChI is InChI=1S/C13H18FN3S/c1-4-12(9(2)3)16-17-13(18)15-11-7-5-10(14)6-8-11/h5-9H,4H2,1-3H3,(H2,15,17,18)/b16-12-. The number of nitrogens with zero attached hydrogens (tertiary/aromatic N) is 1. The Morgan fingerprint density at radius 2 is 1.94 bits per heavy atom. The van der Waals surface area contributed by atoms with E-state index in [2.05, 4.69) is 36.6 Å². The van der Waals surface area contributed by atoms with Gasteiger partial charge in [0.15, 0.2) is 5.11 Å². The Morgan fingerprint density at radius 1 is 1.33 bits per heavy atom. The second-order valence-corrected chi connectivity index (χ2v) is 4.59. The molecule has 0 bridgehead atoms. The third-order valence-electron chi connectivity index (χ3n) is 2.43. The first kappa shape index (κ1) is 14.6. The number of nitrogens with one attached hydrogen (secondary N) is 2. The molecule has 0 fully saturated rings. The van der Waals surface area contributed by atoms with E-state index in [1.807, 2.05) is 0 Å². The highest BCUT2D eigenvalue weighted by Gasteiger charge is 2.03. The van der Waals surface area contributed by atoms with Crippen molar-refractivity contribution in [1.82, 2.24) is 5.43 Å². The summed E-state index contributed by atoms with van der Waals surface area (Å²) in [5.74, 6) is 0.113. The summed E-state index contributed by atoms with van der Waals surface area (Å²) in [6, 6.07) is 5.99. The number of hydrogen-bond donors (Lipinski definition) is 2. The molecule has 2 N–H and O–H groups in total. The normalized spacial score (nSPS) is 11.5. The highest BCUT2D eigenvalue weighted by molar-refractivity contribution is 7.80. The first-order valence-electron chi connectivity index (χ1n) is 5.92. The van der Waals surface area contributed by atoms with Crippen LogP contribution in [0.4, 0.5) is 10.1 Å². The molecule has 1 aromatic carbocycles. The molecule has 0 unspecified atom stereocenters. The number of hydrogen-bond acceptors (Lipinski definition) is 2. The van der Waals surface area contributed by atoms with Gasteiger partial charge in [-0.1, -0.05) is 20.8 Å². The zero-order chi connectivity index (χ0) is 13.5. The number of anilines is 1. The summed E-state index contributed by atoms with van der Waals surface area (Å²) in [6.07, 6.45) is 0.879. The summed E-state index contributed by atoms with van der Waals surface area (Å²) in [4.78, 5) is 0. The Balaban J connectivity index is 2.54. The maximum Gasteiger partial charge on any atom is 0.191 e. The SMILES string of the molecule is CC/C(=N/NC(=S)Nc1ccc(F)cc1)C(C)C. The Kier molecular flexibility index (Phi) is 5.71. The predicted molar refractivity (Wildman–Crippen MR) is 78.3 cm³/mol. The van der Waals surface area contributed by atoms with E-state index >= 15 is 0 Å². The lowest BCUT2D eigenvalue weighted by atomic mass is 10.1. The van der Waals surface area contributed by atoms with Crippen molar-refractivity contribution in [3.63, 3.8) is 0 Å². The fraction of sp³-hybridized carbons (Fsp3) is 0.385. The van der Waals surface area contributed by atoms with Gasteiger partial charge in [-0.15, -0.1) is 0 Å². The summed E-state index contributed by atoms with van der Waals surface area (Å²) in [6.45, 7) is 6.22. The smallest absolute Gasteiger partial charge is 0.191 e. The lowest BCUT2D eigenvalue weighted by Crippen LogP contribution is -2.26. The van der Waals surface area contributed by atoms with Crippen LogP contribution in [0.15, 0.2) is 29.4 Å². The molecule has 0 saturated heterocycles. The van der Waals surface area contributed by atoms with Crippen molar-refractivity contribution in [2.24, 2.45) is 11.0 Å². The average molecular weight is 267 g/mol. The van der Waals surface area contributed by atoms with E-state index in [-0.39, 0.29) is 5.82 Å². The van der Waals surface area contributed by atoms with Gasteiger partial charge in [0.05, 0.1) is 0 Å². The van der Waals surface area contributed by atoms with Gasteiger partial charge in [0.1, 0.15) is 5.82 Å². The van der Waals surface area contributed by atoms with E-state index in [0.717, 1.165) is 17.8 Å². The van der Waals surface area contributed by atoms with Crippen LogP contribution in [-0.4, -0.2) is 10.8 Å². The Labute approximate surface area is 112 Å². The van der Waals surface area contributed by atoms with E-state index in [1.165, 1.54) is 12.1 Å². The third-order valence-corrected chi connectivity index (χ3v) is 2.63. The molecule has 5 heteroatoms. The zero-order valence-electron chi connectivity index (χ0n) is 10.8. The molecule has 0 radical (unpaired) electrons. The summed E-state index contributed by atoms with van der Waals surface area (Å²) in [7, 11) is 0. The molecule has 0 aromatic heterocycles. The predicted octanol–water partition coefficient (Wildman–Crippen LogP) is 3.53. The van der Waals surface area contributed by atoms with Gasteiger partial charge >= 0.3 is 0 Å². The molecular formula is C13H18FN3S. The number of rotatable bonds is 4. The largest absolute Gasteiger partial charge is 0.331 e. The first-order valence-corrected chi connectivity index (χ1v) is 6.32. The van der Waals surface area contributed by atoms with Gasteiger partial charge in [-0.2, -0.15) is 5.10 Å². The number of thiocarbonyl (C=S) groups is 1. The van der Waals surface area contributed by atoms with E-state index in [9.17, 15) is 4.39 Å². The molecule has 0 aliphatic heterocycles. The Hall–Kier alpha value is -1.49. The summed E-state index contributed by atoms with van der Waals surface area (Å²) in [5.41, 5.74) is 4.58. The fourth-order valence-corrected chi connectivity index (χ4v) is 1.59. The van der Waals surface area contributed by atoms with Crippen molar-refractivity contribution in [2.75, 3.05) is 5.32 Å².